The Morgan fingerprint density at radius 3 is 2.81 bits per heavy atom. The van der Waals surface area contributed by atoms with Crippen molar-refractivity contribution in [3.63, 3.8) is 0 Å². The molecular weight excluding hydrogens is 434 g/mol. The third-order valence-corrected chi connectivity index (χ3v) is 5.96. The molecule has 2 amide bonds. The van der Waals surface area contributed by atoms with E-state index in [4.69, 9.17) is 14.3 Å². The van der Waals surface area contributed by atoms with Gasteiger partial charge >= 0.3 is 5.97 Å². The van der Waals surface area contributed by atoms with Crippen LogP contribution in [0.25, 0.3) is 0 Å². The van der Waals surface area contributed by atoms with Crippen LogP contribution in [0.2, 0.25) is 0 Å². The molecule has 3 aliphatic rings. The van der Waals surface area contributed by atoms with Crippen molar-refractivity contribution in [3.8, 4) is 0 Å². The third kappa shape index (κ3) is 3.10. The Labute approximate surface area is 161 Å². The lowest BCUT2D eigenvalue weighted by atomic mass is 10.0. The van der Waals surface area contributed by atoms with Gasteiger partial charge in [0, 0.05) is 5.75 Å². The number of halogens is 1. The quantitative estimate of drug-likeness (QED) is 0.240. The molecular formula is C14H16BrN3O7S. The summed E-state index contributed by atoms with van der Waals surface area (Å²) in [6.07, 6.45) is 1.47. The summed E-state index contributed by atoms with van der Waals surface area (Å²) < 4.78 is 11.0. The van der Waals surface area contributed by atoms with Gasteiger partial charge in [0.1, 0.15) is 24.2 Å². The summed E-state index contributed by atoms with van der Waals surface area (Å²) in [5, 5.41) is 15.1. The van der Waals surface area contributed by atoms with Gasteiger partial charge in [0.05, 0.1) is 18.5 Å². The first-order valence-corrected chi connectivity index (χ1v) is 9.76. The summed E-state index contributed by atoms with van der Waals surface area (Å²) in [6, 6.07) is -0.869. The van der Waals surface area contributed by atoms with Crippen molar-refractivity contribution in [2.24, 2.45) is 5.16 Å². The number of hydrogen-bond donors (Lipinski definition) is 2. The number of thioether (sulfide) groups is 1. The number of nitrogens with zero attached hydrogens (tertiary/aromatic N) is 2. The van der Waals surface area contributed by atoms with Crippen molar-refractivity contribution in [3.05, 3.63) is 11.8 Å². The molecule has 0 spiro atoms. The van der Waals surface area contributed by atoms with Gasteiger partial charge in [-0.1, -0.05) is 21.1 Å². The molecule has 2 N–H and O–H groups in total. The molecule has 0 aromatic rings. The number of fused-ring (bicyclic) bond motifs is 1. The number of aliphatic carboxylic acids is 1. The van der Waals surface area contributed by atoms with E-state index >= 15 is 0 Å². The van der Waals surface area contributed by atoms with E-state index in [1.54, 1.807) is 0 Å². The molecule has 2 saturated heterocycles. The molecule has 2 fully saturated rings. The number of ether oxygens (including phenoxy) is 2. The molecule has 142 valence electrons. The number of carboxylic acid groups (broad SMARTS) is 1. The molecule has 3 rings (SSSR count). The fourth-order valence-corrected chi connectivity index (χ4v) is 4.64. The van der Waals surface area contributed by atoms with Gasteiger partial charge in [-0.15, -0.1) is 11.8 Å². The zero-order chi connectivity index (χ0) is 18.9. The first-order valence-electron chi connectivity index (χ1n) is 7.59. The number of carbonyl (C=O) groups excluding carboxylic acids is 2. The Morgan fingerprint density at radius 1 is 1.54 bits per heavy atom. The van der Waals surface area contributed by atoms with E-state index in [0.29, 0.717) is 5.75 Å². The van der Waals surface area contributed by atoms with E-state index in [-0.39, 0.29) is 30.0 Å². The maximum Gasteiger partial charge on any atom is 0.352 e. The summed E-state index contributed by atoms with van der Waals surface area (Å²) >= 11 is 4.60. The summed E-state index contributed by atoms with van der Waals surface area (Å²) in [6.45, 7) is 0.561. The lowest BCUT2D eigenvalue weighted by molar-refractivity contribution is -0.150. The molecule has 26 heavy (non-hydrogen) atoms. The first kappa shape index (κ1) is 19.1. The minimum Gasteiger partial charge on any atom is -0.477 e. The molecule has 0 bridgehead atoms. The van der Waals surface area contributed by atoms with Crippen LogP contribution in [-0.2, 0) is 28.7 Å². The number of β-lactam (4-membered cyclic amide) rings is 1. The number of oxime groups is 1. The van der Waals surface area contributed by atoms with Crippen LogP contribution in [0.3, 0.4) is 0 Å². The Hall–Kier alpha value is -1.63. The predicted molar refractivity (Wildman–Crippen MR) is 93.6 cm³/mol. The topological polar surface area (TPSA) is 127 Å². The number of nitrogens with one attached hydrogen (secondary N) is 1. The zero-order valence-electron chi connectivity index (χ0n) is 13.6. The van der Waals surface area contributed by atoms with Gasteiger partial charge in [-0.25, -0.2) is 4.79 Å². The van der Waals surface area contributed by atoms with Crippen molar-refractivity contribution in [1.82, 2.24) is 10.2 Å². The molecule has 3 heterocycles. The van der Waals surface area contributed by atoms with Gasteiger partial charge in [-0.05, 0) is 6.08 Å². The van der Waals surface area contributed by atoms with Gasteiger partial charge in [0.15, 0.2) is 0 Å². The van der Waals surface area contributed by atoms with Crippen LogP contribution in [0.5, 0.6) is 0 Å². The van der Waals surface area contributed by atoms with Crippen LogP contribution in [0.15, 0.2) is 16.9 Å². The standard InChI is InChI=1S/C14H16BrN3O7S/c1-23-17-9(14(6-15)24-3-4-25-14)10(19)16-8-11(20)18-7(13(21)22)2-5-26-12(8)18/h2,8,12H,3-6H2,1H3,(H,16,19)(H,21,22)/t8?,12-/m0/s1. The summed E-state index contributed by atoms with van der Waals surface area (Å²) in [7, 11) is 1.28. The highest BCUT2D eigenvalue weighted by atomic mass is 79.9. The molecule has 0 radical (unpaired) electrons. The minimum absolute atomic E-state index is 0.0746. The van der Waals surface area contributed by atoms with Crippen LogP contribution in [0.4, 0.5) is 0 Å². The van der Waals surface area contributed by atoms with Crippen LogP contribution in [0, 0.1) is 0 Å². The average molecular weight is 450 g/mol. The highest BCUT2D eigenvalue weighted by Gasteiger charge is 2.54. The maximum absolute atomic E-state index is 12.7. The normalized spacial score (nSPS) is 27.3. The Morgan fingerprint density at radius 2 is 2.23 bits per heavy atom. The molecule has 12 heteroatoms. The molecule has 0 saturated carbocycles. The SMILES string of the molecule is CON=C(C(=O)NC1C(=O)N2C(C(=O)O)=CCS[C@@H]12)C1(CBr)OCCO1. The van der Waals surface area contributed by atoms with Crippen LogP contribution in [-0.4, -0.2) is 82.1 Å². The smallest absolute Gasteiger partial charge is 0.352 e. The predicted octanol–water partition coefficient (Wildman–Crippen LogP) is -0.505. The molecule has 1 unspecified atom stereocenters. The van der Waals surface area contributed by atoms with E-state index in [2.05, 4.69) is 26.4 Å². The Balaban J connectivity index is 1.75. The van der Waals surface area contributed by atoms with E-state index < -0.39 is 35.0 Å². The number of carbonyl (C=O) groups is 3. The zero-order valence-corrected chi connectivity index (χ0v) is 16.0. The summed E-state index contributed by atoms with van der Waals surface area (Å²) in [5.41, 5.74) is -0.232. The molecule has 10 nitrogen and oxygen atoms in total. The van der Waals surface area contributed by atoms with Gasteiger partial charge in [0.2, 0.25) is 11.5 Å². The fraction of sp³-hybridized carbons (Fsp3) is 0.571. The van der Waals surface area contributed by atoms with E-state index in [1.165, 1.54) is 24.9 Å². The monoisotopic (exact) mass is 449 g/mol. The highest BCUT2D eigenvalue weighted by Crippen LogP contribution is 2.37. The Kier molecular flexibility index (Phi) is 5.55. The number of hydrogen-bond acceptors (Lipinski definition) is 8. The average Bonchev–Trinajstić information content (AvgIpc) is 3.12. The maximum atomic E-state index is 12.7. The largest absolute Gasteiger partial charge is 0.477 e. The van der Waals surface area contributed by atoms with Gasteiger partial charge in [0.25, 0.3) is 11.8 Å². The third-order valence-electron chi connectivity index (χ3n) is 4.04. The first-order chi connectivity index (χ1) is 12.4. The van der Waals surface area contributed by atoms with Crippen LogP contribution >= 0.6 is 27.7 Å². The van der Waals surface area contributed by atoms with Crippen molar-refractivity contribution >= 4 is 51.2 Å². The lowest BCUT2D eigenvalue weighted by Crippen LogP contribution is -2.71. The number of rotatable bonds is 6. The number of alkyl halides is 1. The van der Waals surface area contributed by atoms with Gasteiger partial charge in [-0.3, -0.25) is 14.5 Å². The van der Waals surface area contributed by atoms with E-state index in [0.717, 1.165) is 4.90 Å². The highest BCUT2D eigenvalue weighted by molar-refractivity contribution is 9.09. The molecule has 0 aliphatic carbocycles. The van der Waals surface area contributed by atoms with Crippen LogP contribution in [0.1, 0.15) is 0 Å². The second kappa shape index (κ2) is 7.55. The fourth-order valence-electron chi connectivity index (χ4n) is 2.85. The lowest BCUT2D eigenvalue weighted by Gasteiger charge is -2.48. The van der Waals surface area contributed by atoms with Crippen molar-refractivity contribution in [1.29, 1.82) is 0 Å². The summed E-state index contributed by atoms with van der Waals surface area (Å²) in [4.78, 5) is 42.2. The van der Waals surface area contributed by atoms with Gasteiger partial charge < -0.3 is 24.7 Å². The van der Waals surface area contributed by atoms with Crippen molar-refractivity contribution < 1.29 is 33.8 Å². The molecule has 0 aromatic carbocycles. The van der Waals surface area contributed by atoms with Crippen molar-refractivity contribution in [2.45, 2.75) is 17.2 Å². The number of carboxylic acids is 1. The Bertz CT molecular complexity index is 692. The molecule has 0 aromatic heterocycles. The molecule has 3 aliphatic heterocycles. The second-order valence-electron chi connectivity index (χ2n) is 5.48. The minimum atomic E-state index is -1.40. The van der Waals surface area contributed by atoms with E-state index in [9.17, 15) is 19.5 Å². The van der Waals surface area contributed by atoms with Crippen LogP contribution < -0.4 is 5.32 Å². The van der Waals surface area contributed by atoms with Crippen molar-refractivity contribution in [2.75, 3.05) is 31.4 Å². The van der Waals surface area contributed by atoms with Gasteiger partial charge in [-0.2, -0.15) is 0 Å². The second-order valence-corrected chi connectivity index (χ2v) is 7.19. The van der Waals surface area contributed by atoms with E-state index in [1.807, 2.05) is 0 Å². The number of amides is 2. The summed E-state index contributed by atoms with van der Waals surface area (Å²) in [5.74, 6) is -3.33. The molecule has 2 atom stereocenters.